The monoisotopic (exact) mass is 776 g/mol. The lowest BCUT2D eigenvalue weighted by molar-refractivity contribution is 0.511. The summed E-state index contributed by atoms with van der Waals surface area (Å²) >= 11 is 6.32. The first-order chi connectivity index (χ1) is 26.2. The van der Waals surface area contributed by atoms with Crippen molar-refractivity contribution >= 4 is 47.0 Å². The summed E-state index contributed by atoms with van der Waals surface area (Å²) in [5.74, 6) is 2.44. The number of thioether (sulfide) groups is 4. The topological polar surface area (TPSA) is 174 Å². The van der Waals surface area contributed by atoms with Crippen molar-refractivity contribution in [1.29, 1.82) is 0 Å². The van der Waals surface area contributed by atoms with Gasteiger partial charge in [-0.3, -0.25) is 0 Å². The Morgan fingerprint density at radius 3 is 0.792 bits per heavy atom. The van der Waals surface area contributed by atoms with Crippen LogP contribution in [0, 0.1) is 5.41 Å². The molecule has 53 heavy (non-hydrogen) atoms. The van der Waals surface area contributed by atoms with Crippen LogP contribution >= 0.6 is 47.0 Å². The van der Waals surface area contributed by atoms with Crippen LogP contribution in [0.2, 0.25) is 0 Å². The Balaban J connectivity index is 1.15. The maximum atomic E-state index is 4.42. The van der Waals surface area contributed by atoms with E-state index in [9.17, 15) is 0 Å². The SMILES string of the molecule is c1ccc(-n2nnnc2SCC(CSc2nnnn2-c2ccccc2)(CSc2nnnn2-c2ccccc2)CSc2nnnn2-c2ccccc2)cc1. The molecule has 8 rings (SSSR count). The van der Waals surface area contributed by atoms with Gasteiger partial charge >= 0.3 is 0 Å². The first kappa shape index (κ1) is 34.6. The second-order valence-electron chi connectivity index (χ2n) is 11.5. The quantitative estimate of drug-likeness (QED) is 0.119. The van der Waals surface area contributed by atoms with Crippen LogP contribution in [0.1, 0.15) is 0 Å². The van der Waals surface area contributed by atoms with Gasteiger partial charge in [-0.15, -0.1) is 20.4 Å². The van der Waals surface area contributed by atoms with Crippen molar-refractivity contribution in [3.8, 4) is 22.7 Å². The summed E-state index contributed by atoms with van der Waals surface area (Å²) in [5.41, 5.74) is 3.03. The van der Waals surface area contributed by atoms with Crippen LogP contribution in [-0.2, 0) is 0 Å². The summed E-state index contributed by atoms with van der Waals surface area (Å²) in [6, 6.07) is 39.4. The van der Waals surface area contributed by atoms with Crippen molar-refractivity contribution in [3.63, 3.8) is 0 Å². The maximum Gasteiger partial charge on any atom is 0.214 e. The molecule has 0 spiro atoms. The summed E-state index contributed by atoms with van der Waals surface area (Å²) in [6.07, 6.45) is 0. The molecule has 8 aromatic rings. The molecule has 0 saturated heterocycles. The maximum absolute atomic E-state index is 4.42. The number of aromatic nitrogens is 16. The van der Waals surface area contributed by atoms with E-state index in [1.54, 1.807) is 65.8 Å². The molecule has 4 heterocycles. The minimum atomic E-state index is -0.452. The van der Waals surface area contributed by atoms with Gasteiger partial charge < -0.3 is 0 Å². The molecule has 0 radical (unpaired) electrons. The molecule has 0 aliphatic heterocycles. The molecule has 20 heteroatoms. The van der Waals surface area contributed by atoms with Crippen LogP contribution in [0.4, 0.5) is 0 Å². The van der Waals surface area contributed by atoms with Gasteiger partial charge in [0.25, 0.3) is 0 Å². The number of para-hydroxylation sites is 4. The lowest BCUT2D eigenvalue weighted by atomic mass is 9.99. The second kappa shape index (κ2) is 16.5. The molecule has 0 unspecified atom stereocenters. The summed E-state index contributed by atoms with van der Waals surface area (Å²) in [7, 11) is 0. The van der Waals surface area contributed by atoms with E-state index < -0.39 is 5.41 Å². The molecule has 0 saturated carbocycles. The van der Waals surface area contributed by atoms with Gasteiger partial charge in [0.05, 0.1) is 22.7 Å². The van der Waals surface area contributed by atoms with Crippen molar-refractivity contribution in [3.05, 3.63) is 121 Å². The van der Waals surface area contributed by atoms with Gasteiger partial charge in [0.1, 0.15) is 0 Å². The Hall–Kier alpha value is -5.44. The van der Waals surface area contributed by atoms with Crippen molar-refractivity contribution in [1.82, 2.24) is 80.8 Å². The van der Waals surface area contributed by atoms with Gasteiger partial charge in [-0.05, 0) is 90.2 Å². The molecule has 4 aromatic carbocycles. The minimum absolute atomic E-state index is 0.452. The van der Waals surface area contributed by atoms with Crippen LogP contribution in [-0.4, -0.2) is 104 Å². The molecular formula is C33H28N16S4. The highest BCUT2D eigenvalue weighted by atomic mass is 32.2. The van der Waals surface area contributed by atoms with Crippen molar-refractivity contribution in [2.24, 2.45) is 5.41 Å². The molecule has 0 atom stereocenters. The van der Waals surface area contributed by atoms with E-state index in [1.165, 1.54) is 0 Å². The van der Waals surface area contributed by atoms with Gasteiger partial charge in [-0.25, -0.2) is 0 Å². The van der Waals surface area contributed by atoms with Gasteiger partial charge in [0.2, 0.25) is 20.6 Å². The Morgan fingerprint density at radius 2 is 0.566 bits per heavy atom. The summed E-state index contributed by atoms with van der Waals surface area (Å²) < 4.78 is 7.02. The molecule has 0 fully saturated rings. The second-order valence-corrected chi connectivity index (χ2v) is 15.3. The van der Waals surface area contributed by atoms with Gasteiger partial charge in [0.15, 0.2) is 0 Å². The zero-order valence-corrected chi connectivity index (χ0v) is 30.9. The molecule has 264 valence electrons. The zero-order valence-electron chi connectivity index (χ0n) is 27.7. The first-order valence-electron chi connectivity index (χ1n) is 16.1. The average Bonchev–Trinajstić information content (AvgIpc) is 4.07. The molecular weight excluding hydrogens is 749 g/mol. The van der Waals surface area contributed by atoms with Crippen LogP contribution in [0.3, 0.4) is 0 Å². The zero-order chi connectivity index (χ0) is 35.7. The van der Waals surface area contributed by atoms with Gasteiger partial charge in [-0.2, -0.15) is 18.7 Å². The first-order valence-corrected chi connectivity index (χ1v) is 20.1. The summed E-state index contributed by atoms with van der Waals surface area (Å²) in [4.78, 5) is 0. The highest BCUT2D eigenvalue weighted by Gasteiger charge is 2.35. The smallest absolute Gasteiger partial charge is 0.188 e. The third-order valence-corrected chi connectivity index (χ3v) is 12.9. The van der Waals surface area contributed by atoms with Crippen LogP contribution in [0.5, 0.6) is 0 Å². The molecule has 4 aromatic heterocycles. The van der Waals surface area contributed by atoms with Crippen molar-refractivity contribution in [2.45, 2.75) is 20.6 Å². The predicted molar refractivity (Wildman–Crippen MR) is 202 cm³/mol. The lowest BCUT2D eigenvalue weighted by Gasteiger charge is -2.32. The van der Waals surface area contributed by atoms with E-state index in [1.807, 2.05) is 121 Å². The highest BCUT2D eigenvalue weighted by Crippen LogP contribution is 2.41. The largest absolute Gasteiger partial charge is 0.214 e. The molecule has 0 aliphatic rings. The molecule has 16 nitrogen and oxygen atoms in total. The van der Waals surface area contributed by atoms with Gasteiger partial charge in [-0.1, -0.05) is 120 Å². The number of tetrazole rings is 4. The summed E-state index contributed by atoms with van der Waals surface area (Å²) in [6.45, 7) is 0. The third-order valence-electron chi connectivity index (χ3n) is 7.80. The van der Waals surface area contributed by atoms with E-state index in [2.05, 4.69) is 62.1 Å². The average molecular weight is 777 g/mol. The molecule has 0 N–H and O–H groups in total. The number of benzene rings is 4. The normalized spacial score (nSPS) is 11.6. The Bertz CT molecular complexity index is 2000. The molecule has 0 bridgehead atoms. The van der Waals surface area contributed by atoms with Crippen LogP contribution in [0.25, 0.3) is 22.7 Å². The fraction of sp³-hybridized carbons (Fsp3) is 0.152. The fourth-order valence-electron chi connectivity index (χ4n) is 5.12. The Kier molecular flexibility index (Phi) is 10.8. The minimum Gasteiger partial charge on any atom is -0.188 e. The van der Waals surface area contributed by atoms with Gasteiger partial charge in [0, 0.05) is 28.4 Å². The number of hydrogen-bond donors (Lipinski definition) is 0. The van der Waals surface area contributed by atoms with E-state index in [4.69, 9.17) is 0 Å². The fourth-order valence-corrected chi connectivity index (χ4v) is 10.3. The van der Waals surface area contributed by atoms with E-state index >= 15 is 0 Å². The third kappa shape index (κ3) is 8.14. The number of nitrogens with zero attached hydrogens (tertiary/aromatic N) is 16. The van der Waals surface area contributed by atoms with E-state index in [0.29, 0.717) is 43.6 Å². The standard InChI is InChI=1S/C33H28N16S4/c1-5-13-25(14-6-1)46-29(34-38-42-46)50-21-33(22-51-30-35-39-43-47(30)26-15-7-2-8-16-26,23-52-31-36-40-44-48(31)27-17-9-3-10-18-27)24-53-32-37-41-45-49(32)28-19-11-4-12-20-28/h1-20H,21-24H2. The highest BCUT2D eigenvalue weighted by molar-refractivity contribution is 8.01. The Labute approximate surface area is 319 Å². The van der Waals surface area contributed by atoms with Crippen molar-refractivity contribution < 1.29 is 0 Å². The molecule has 0 amide bonds. The lowest BCUT2D eigenvalue weighted by Crippen LogP contribution is -2.34. The molecule has 0 aliphatic carbocycles. The predicted octanol–water partition coefficient (Wildman–Crippen LogP) is 5.04. The van der Waals surface area contributed by atoms with Crippen LogP contribution in [0.15, 0.2) is 142 Å². The number of rotatable bonds is 16. The van der Waals surface area contributed by atoms with E-state index in [-0.39, 0.29) is 0 Å². The van der Waals surface area contributed by atoms with E-state index in [0.717, 1.165) is 22.7 Å². The number of hydrogen-bond acceptors (Lipinski definition) is 16. The Morgan fingerprint density at radius 1 is 0.340 bits per heavy atom. The van der Waals surface area contributed by atoms with Crippen LogP contribution < -0.4 is 0 Å². The van der Waals surface area contributed by atoms with Crippen molar-refractivity contribution in [2.75, 3.05) is 23.0 Å². The summed E-state index contributed by atoms with van der Waals surface area (Å²) in [5, 5.41) is 53.7.